The first-order valence-corrected chi connectivity index (χ1v) is 7.02. The van der Waals surface area contributed by atoms with Crippen molar-refractivity contribution in [2.24, 2.45) is 0 Å². The van der Waals surface area contributed by atoms with Crippen molar-refractivity contribution >= 4 is 5.91 Å². The van der Waals surface area contributed by atoms with Crippen molar-refractivity contribution in [1.82, 2.24) is 15.1 Å². The number of hydrogen-bond acceptors (Lipinski definition) is 3. The molecule has 1 atom stereocenters. The van der Waals surface area contributed by atoms with E-state index in [1.807, 2.05) is 0 Å². The van der Waals surface area contributed by atoms with Gasteiger partial charge in [-0.25, -0.2) is 4.39 Å². The lowest BCUT2D eigenvalue weighted by Gasteiger charge is -2.36. The number of carbonyl (C=O) groups is 1. The summed E-state index contributed by atoms with van der Waals surface area (Å²) in [6.45, 7) is 6.85. The van der Waals surface area contributed by atoms with Gasteiger partial charge in [-0.05, 0) is 32.2 Å². The molecule has 0 radical (unpaired) electrons. The molecule has 1 aliphatic rings. The molecule has 20 heavy (non-hydrogen) atoms. The summed E-state index contributed by atoms with van der Waals surface area (Å²) in [4.78, 5) is 16.6. The van der Waals surface area contributed by atoms with Gasteiger partial charge < -0.3 is 10.2 Å². The summed E-state index contributed by atoms with van der Waals surface area (Å²) in [5.41, 5.74) is 0.371. The molecule has 1 heterocycles. The van der Waals surface area contributed by atoms with Crippen molar-refractivity contribution in [3.8, 4) is 0 Å². The summed E-state index contributed by atoms with van der Waals surface area (Å²) in [5, 5.41) is 2.87. The van der Waals surface area contributed by atoms with E-state index in [-0.39, 0.29) is 11.7 Å². The number of halogens is 1. The van der Waals surface area contributed by atoms with Gasteiger partial charge in [-0.3, -0.25) is 9.69 Å². The van der Waals surface area contributed by atoms with Crippen molar-refractivity contribution < 1.29 is 9.18 Å². The Morgan fingerprint density at radius 3 is 2.70 bits per heavy atom. The van der Waals surface area contributed by atoms with Crippen LogP contribution in [0.3, 0.4) is 0 Å². The fourth-order valence-corrected chi connectivity index (χ4v) is 2.36. The number of carbonyl (C=O) groups excluding carboxylic acids is 1. The maximum atomic E-state index is 13.1. The van der Waals surface area contributed by atoms with Gasteiger partial charge in [0.2, 0.25) is 0 Å². The van der Waals surface area contributed by atoms with E-state index in [1.165, 1.54) is 12.1 Å². The second kappa shape index (κ2) is 6.81. The number of benzene rings is 1. The number of likely N-dealkylation sites (N-methyl/N-ethyl adjacent to an activating group) is 1. The molecule has 2 rings (SSSR count). The van der Waals surface area contributed by atoms with Crippen LogP contribution in [0.5, 0.6) is 0 Å². The molecule has 0 bridgehead atoms. The molecular formula is C15H22FN3O. The van der Waals surface area contributed by atoms with Crippen molar-refractivity contribution in [2.75, 3.05) is 39.8 Å². The van der Waals surface area contributed by atoms with Crippen molar-refractivity contribution in [3.63, 3.8) is 0 Å². The van der Waals surface area contributed by atoms with Crippen LogP contribution in [0.4, 0.5) is 4.39 Å². The van der Waals surface area contributed by atoms with Crippen LogP contribution in [0.1, 0.15) is 17.3 Å². The molecule has 4 nitrogen and oxygen atoms in total. The van der Waals surface area contributed by atoms with Crippen LogP contribution >= 0.6 is 0 Å². The molecule has 0 unspecified atom stereocenters. The predicted molar refractivity (Wildman–Crippen MR) is 77.3 cm³/mol. The third kappa shape index (κ3) is 4.02. The number of nitrogens with zero attached hydrogens (tertiary/aromatic N) is 2. The van der Waals surface area contributed by atoms with Crippen LogP contribution in [0.2, 0.25) is 0 Å². The third-order valence-corrected chi connectivity index (χ3v) is 3.81. The molecule has 1 fully saturated rings. The maximum Gasteiger partial charge on any atom is 0.251 e. The molecule has 1 aromatic carbocycles. The quantitative estimate of drug-likeness (QED) is 0.899. The van der Waals surface area contributed by atoms with Crippen LogP contribution in [0, 0.1) is 5.82 Å². The highest BCUT2D eigenvalue weighted by molar-refractivity contribution is 5.94. The van der Waals surface area contributed by atoms with Crippen LogP contribution in [-0.4, -0.2) is 61.5 Å². The Morgan fingerprint density at radius 2 is 2.05 bits per heavy atom. The highest BCUT2D eigenvalue weighted by Crippen LogP contribution is 2.06. The molecule has 0 saturated carbocycles. The number of amides is 1. The second-order valence-electron chi connectivity index (χ2n) is 5.41. The molecule has 1 aromatic rings. The Bertz CT molecular complexity index is 458. The van der Waals surface area contributed by atoms with E-state index in [0.717, 1.165) is 26.2 Å². The largest absolute Gasteiger partial charge is 0.350 e. The lowest BCUT2D eigenvalue weighted by Crippen LogP contribution is -2.51. The fraction of sp³-hybridized carbons (Fsp3) is 0.533. The summed E-state index contributed by atoms with van der Waals surface area (Å²) in [5.74, 6) is -0.602. The molecule has 110 valence electrons. The van der Waals surface area contributed by atoms with E-state index in [2.05, 4.69) is 29.1 Å². The minimum absolute atomic E-state index is 0.217. The standard InChI is InChI=1S/C15H22FN3O/c1-12(19-8-6-18(2)7-9-19)11-17-15(20)13-4-3-5-14(16)10-13/h3-5,10,12H,6-9,11H2,1-2H3,(H,17,20)/t12-/m1/s1. The van der Waals surface area contributed by atoms with Gasteiger partial charge >= 0.3 is 0 Å². The van der Waals surface area contributed by atoms with E-state index >= 15 is 0 Å². The number of rotatable bonds is 4. The maximum absolute atomic E-state index is 13.1. The number of piperazine rings is 1. The van der Waals surface area contributed by atoms with Crippen molar-refractivity contribution in [1.29, 1.82) is 0 Å². The van der Waals surface area contributed by atoms with Gasteiger partial charge in [-0.1, -0.05) is 6.07 Å². The van der Waals surface area contributed by atoms with E-state index in [4.69, 9.17) is 0 Å². The Hall–Kier alpha value is -1.46. The van der Waals surface area contributed by atoms with Gasteiger partial charge in [-0.15, -0.1) is 0 Å². The van der Waals surface area contributed by atoms with E-state index in [1.54, 1.807) is 12.1 Å². The second-order valence-corrected chi connectivity index (χ2v) is 5.41. The van der Waals surface area contributed by atoms with Gasteiger partial charge in [0, 0.05) is 44.3 Å². The first-order chi connectivity index (χ1) is 9.56. The Labute approximate surface area is 119 Å². The molecule has 1 aliphatic heterocycles. The molecular weight excluding hydrogens is 257 g/mol. The Morgan fingerprint density at radius 1 is 1.35 bits per heavy atom. The normalized spacial score (nSPS) is 18.8. The van der Waals surface area contributed by atoms with Crippen LogP contribution in [0.25, 0.3) is 0 Å². The van der Waals surface area contributed by atoms with Crippen LogP contribution in [0.15, 0.2) is 24.3 Å². The van der Waals surface area contributed by atoms with Crippen LogP contribution in [-0.2, 0) is 0 Å². The van der Waals surface area contributed by atoms with Crippen LogP contribution < -0.4 is 5.32 Å². The highest BCUT2D eigenvalue weighted by atomic mass is 19.1. The van der Waals surface area contributed by atoms with Gasteiger partial charge in [0.1, 0.15) is 5.82 Å². The smallest absolute Gasteiger partial charge is 0.251 e. The Kier molecular flexibility index (Phi) is 5.09. The predicted octanol–water partition coefficient (Wildman–Crippen LogP) is 1.19. The zero-order valence-electron chi connectivity index (χ0n) is 12.1. The lowest BCUT2D eigenvalue weighted by atomic mass is 10.2. The zero-order valence-corrected chi connectivity index (χ0v) is 12.1. The topological polar surface area (TPSA) is 35.6 Å². The minimum atomic E-state index is -0.384. The van der Waals surface area contributed by atoms with Gasteiger partial charge in [0.25, 0.3) is 5.91 Å². The lowest BCUT2D eigenvalue weighted by molar-refractivity contribution is 0.0903. The average Bonchev–Trinajstić information content (AvgIpc) is 2.45. The number of nitrogens with one attached hydrogen (secondary N) is 1. The van der Waals surface area contributed by atoms with Crippen molar-refractivity contribution in [3.05, 3.63) is 35.6 Å². The highest BCUT2D eigenvalue weighted by Gasteiger charge is 2.19. The SMILES string of the molecule is C[C@H](CNC(=O)c1cccc(F)c1)N1CCN(C)CC1. The molecule has 1 N–H and O–H groups in total. The van der Waals surface area contributed by atoms with E-state index in [0.29, 0.717) is 18.2 Å². The third-order valence-electron chi connectivity index (χ3n) is 3.81. The summed E-state index contributed by atoms with van der Waals surface area (Å²) in [7, 11) is 2.12. The van der Waals surface area contributed by atoms with E-state index in [9.17, 15) is 9.18 Å². The monoisotopic (exact) mass is 279 g/mol. The van der Waals surface area contributed by atoms with Gasteiger partial charge in [0.15, 0.2) is 0 Å². The molecule has 0 aromatic heterocycles. The minimum Gasteiger partial charge on any atom is -0.350 e. The molecule has 1 amide bonds. The average molecular weight is 279 g/mol. The molecule has 5 heteroatoms. The summed E-state index contributed by atoms with van der Waals surface area (Å²) < 4.78 is 13.1. The fourth-order valence-electron chi connectivity index (χ4n) is 2.36. The van der Waals surface area contributed by atoms with E-state index < -0.39 is 0 Å². The zero-order chi connectivity index (χ0) is 14.5. The first-order valence-electron chi connectivity index (χ1n) is 7.02. The molecule has 0 spiro atoms. The Balaban J connectivity index is 1.81. The van der Waals surface area contributed by atoms with Gasteiger partial charge in [0.05, 0.1) is 0 Å². The molecule has 1 saturated heterocycles. The van der Waals surface area contributed by atoms with Gasteiger partial charge in [-0.2, -0.15) is 0 Å². The van der Waals surface area contributed by atoms with Crippen molar-refractivity contribution in [2.45, 2.75) is 13.0 Å². The summed E-state index contributed by atoms with van der Waals surface area (Å²) in [6, 6.07) is 6.06. The first kappa shape index (κ1) is 14.9. The molecule has 0 aliphatic carbocycles. The summed E-state index contributed by atoms with van der Waals surface area (Å²) in [6.07, 6.45) is 0. The number of hydrogen-bond donors (Lipinski definition) is 1. The summed E-state index contributed by atoms with van der Waals surface area (Å²) >= 11 is 0.